The lowest BCUT2D eigenvalue weighted by Crippen LogP contribution is -2.62. The zero-order valence-electron chi connectivity index (χ0n) is 56.0. The van der Waals surface area contributed by atoms with Crippen molar-refractivity contribution in [3.8, 4) is 57.1 Å². The van der Waals surface area contributed by atoms with Crippen LogP contribution in [0.5, 0.6) is 46.0 Å². The number of aromatic hydroxyl groups is 3. The molecular formula is C71H75ClN8O25. The van der Waals surface area contributed by atoms with Crippen LogP contribution in [0.1, 0.15) is 90.4 Å². The molecule has 11 bridgehead atoms. The van der Waals surface area contributed by atoms with Gasteiger partial charge < -0.3 is 132 Å². The molecule has 0 aliphatic carbocycles. The zero-order valence-corrected chi connectivity index (χ0v) is 56.7. The SMILES string of the molecule is COC1C(N)CC(OC2c3ccc(c(Cl)c3)Oc3cc4cc(c3OC3OC(CO)C(O)C(O)C3OC3CC(N)C(O)C(C)O3)Oc3ccc(cc3)C3OC(=O)NC3C(=O)NC(Cc3ccccc3)C(=O)NC4C(=O)NC3C(=O)NC2C(=O)NC(C(=O)O)c2cc(O)cc(O)c2-c2cc3ccc2O)OC1C. The van der Waals surface area contributed by atoms with E-state index < -0.39 is 228 Å². The van der Waals surface area contributed by atoms with Crippen molar-refractivity contribution < 1.29 is 122 Å². The van der Waals surface area contributed by atoms with Crippen molar-refractivity contribution in [3.63, 3.8) is 0 Å². The molecule has 9 heterocycles. The average Bonchev–Trinajstić information content (AvgIpc) is 1.28. The van der Waals surface area contributed by atoms with Gasteiger partial charge in [-0.05, 0) is 96.3 Å². The first-order chi connectivity index (χ1) is 50.2. The zero-order chi connectivity index (χ0) is 74.6. The molecule has 0 saturated carbocycles. The summed E-state index contributed by atoms with van der Waals surface area (Å²) in [5, 5.41) is 106. The fraction of sp³-hybridized carbons (Fsp3) is 0.394. The summed E-state index contributed by atoms with van der Waals surface area (Å²) in [5.41, 5.74) is 11.7. The van der Waals surface area contributed by atoms with Gasteiger partial charge in [0.1, 0.15) is 77.3 Å². The maximum atomic E-state index is 16.4. The van der Waals surface area contributed by atoms with Crippen LogP contribution in [-0.4, -0.2) is 194 Å². The average molecular weight is 1480 g/mol. The number of phenolic OH excluding ortho intramolecular Hbond substituents is 3. The van der Waals surface area contributed by atoms with Gasteiger partial charge in [0.25, 0.3) is 0 Å². The number of aliphatic hydroxyl groups excluding tert-OH is 4. The number of methoxy groups -OCH3 is 1. The Morgan fingerprint density at radius 3 is 1.96 bits per heavy atom. The van der Waals surface area contributed by atoms with E-state index >= 15 is 19.2 Å². The van der Waals surface area contributed by atoms with Crippen LogP contribution in [0.2, 0.25) is 5.02 Å². The maximum absolute atomic E-state index is 16.4. The Labute approximate surface area is 601 Å². The molecule has 556 valence electrons. The Morgan fingerprint density at radius 2 is 1.27 bits per heavy atom. The van der Waals surface area contributed by atoms with Crippen LogP contribution in [0.15, 0.2) is 115 Å². The van der Waals surface area contributed by atoms with Crippen molar-refractivity contribution in [2.24, 2.45) is 11.5 Å². The molecule has 4 saturated heterocycles. The summed E-state index contributed by atoms with van der Waals surface area (Å²) < 4.78 is 63.2. The number of phenols is 3. The number of nitrogens with one attached hydrogen (secondary N) is 6. The first kappa shape index (κ1) is 73.3. The number of carbonyl (C=O) groups is 7. The molecule has 9 aliphatic rings. The molecule has 15 rings (SSSR count). The van der Waals surface area contributed by atoms with E-state index in [0.717, 1.165) is 24.3 Å². The highest BCUT2D eigenvalue weighted by molar-refractivity contribution is 6.32. The highest BCUT2D eigenvalue weighted by atomic mass is 35.5. The minimum Gasteiger partial charge on any atom is -0.508 e. The third-order valence-corrected chi connectivity index (χ3v) is 19.6. The van der Waals surface area contributed by atoms with Gasteiger partial charge in [-0.25, -0.2) is 9.59 Å². The van der Waals surface area contributed by atoms with Crippen LogP contribution in [-0.2, 0) is 68.3 Å². The first-order valence-corrected chi connectivity index (χ1v) is 33.8. The van der Waals surface area contributed by atoms with Crippen LogP contribution >= 0.6 is 11.6 Å². The number of amides is 6. The summed E-state index contributed by atoms with van der Waals surface area (Å²) >= 11 is 7.37. The van der Waals surface area contributed by atoms with Crippen LogP contribution in [0, 0.1) is 0 Å². The van der Waals surface area contributed by atoms with E-state index in [1.807, 2.05) is 0 Å². The molecule has 6 aromatic carbocycles. The van der Waals surface area contributed by atoms with Gasteiger partial charge in [0.2, 0.25) is 41.6 Å². The van der Waals surface area contributed by atoms with Crippen molar-refractivity contribution in [3.05, 3.63) is 154 Å². The quantitative estimate of drug-likeness (QED) is 0.0881. The number of fused-ring (bicyclic) bond motifs is 13. The molecule has 21 unspecified atom stereocenters. The van der Waals surface area contributed by atoms with Gasteiger partial charge in [-0.2, -0.15) is 0 Å². The number of ether oxygens (including phenoxy) is 10. The van der Waals surface area contributed by atoms with Gasteiger partial charge in [0.05, 0.1) is 36.0 Å². The molecule has 34 heteroatoms. The molecule has 33 nitrogen and oxygen atoms in total. The van der Waals surface area contributed by atoms with Gasteiger partial charge in [-0.3, -0.25) is 24.0 Å². The number of alkyl carbamates (subject to hydrolysis) is 1. The topological polar surface area (TPSA) is 498 Å². The second-order valence-corrected chi connectivity index (χ2v) is 26.8. The lowest BCUT2D eigenvalue weighted by molar-refractivity contribution is -0.330. The van der Waals surface area contributed by atoms with Crippen molar-refractivity contribution in [2.75, 3.05) is 13.7 Å². The Hall–Kier alpha value is -9.98. The molecule has 0 radical (unpaired) electrons. The number of carboxylic acids is 1. The van der Waals surface area contributed by atoms with Crippen molar-refractivity contribution in [1.82, 2.24) is 31.9 Å². The van der Waals surface area contributed by atoms with Crippen molar-refractivity contribution in [2.45, 2.75) is 161 Å². The van der Waals surface area contributed by atoms with E-state index in [0.29, 0.717) is 5.56 Å². The maximum Gasteiger partial charge on any atom is 0.408 e. The molecule has 21 atom stereocenters. The highest BCUT2D eigenvalue weighted by Gasteiger charge is 2.51. The van der Waals surface area contributed by atoms with Crippen LogP contribution < -0.4 is 57.6 Å². The number of carboxylic acid groups (broad SMARTS) is 1. The standard InChI is InChI=1S/C71H75ClN8O25/c1-27-56(85)39(73)24-48(97-27)103-63-58(87)57(86)47(26-81)101-70(63)104-62-45-20-33-21-46(62)100-44-16-12-32(19-38(44)72)61(102-49-25-40(74)59(96-3)28(2)98-49)54-68(92)78-53(69(93)94)37-22-34(82)23-43(84)50(37)36-18-31(11-15-42(36)83)51(65(89)79-54)77-66(90)52(33)76-64(88)41(17-29-7-5-4-6-8-29)75-67(91)55-60(105-71(95)80-55)30-9-13-35(99-45)14-10-30/h4-16,18-23,27-28,39-41,47-49,51-61,63,70,81-87H,17,24-26,73-74H2,1-3H3,(H,75,91)(H,76,88)(H,77,90)(H,78,92)(H,79,89)(H,80,95)(H,93,94). The summed E-state index contributed by atoms with van der Waals surface area (Å²) in [4.78, 5) is 105. The van der Waals surface area contributed by atoms with E-state index in [1.54, 1.807) is 37.3 Å². The van der Waals surface area contributed by atoms with Gasteiger partial charge in [0.15, 0.2) is 48.4 Å². The van der Waals surface area contributed by atoms with Crippen LogP contribution in [0.4, 0.5) is 4.79 Å². The summed E-state index contributed by atoms with van der Waals surface area (Å²) in [5.74, 6) is -11.7. The van der Waals surface area contributed by atoms with Gasteiger partial charge in [-0.1, -0.05) is 66.2 Å². The molecule has 0 aromatic heterocycles. The molecule has 4 fully saturated rings. The summed E-state index contributed by atoms with van der Waals surface area (Å²) in [6, 6.07) is 11.8. The second-order valence-electron chi connectivity index (χ2n) is 26.4. The number of benzene rings is 6. The van der Waals surface area contributed by atoms with Crippen LogP contribution in [0.3, 0.4) is 0 Å². The number of hydrogen-bond acceptors (Lipinski definition) is 26. The van der Waals surface area contributed by atoms with Crippen LogP contribution in [0.25, 0.3) is 11.1 Å². The largest absolute Gasteiger partial charge is 0.508 e. The minimum absolute atomic E-state index is 0.0574. The first-order valence-electron chi connectivity index (χ1n) is 33.4. The Bertz CT molecular complexity index is 4310. The Kier molecular flexibility index (Phi) is 21.1. The third kappa shape index (κ3) is 15.0. The third-order valence-electron chi connectivity index (χ3n) is 19.3. The van der Waals surface area contributed by atoms with Crippen molar-refractivity contribution in [1.29, 1.82) is 0 Å². The number of halogens is 1. The monoisotopic (exact) mass is 1470 g/mol. The number of aliphatic hydroxyl groups is 4. The summed E-state index contributed by atoms with van der Waals surface area (Å²) in [7, 11) is 1.42. The highest BCUT2D eigenvalue weighted by Crippen LogP contribution is 2.50. The number of aliphatic carboxylic acids is 1. The lowest BCUT2D eigenvalue weighted by Gasteiger charge is -2.44. The predicted octanol–water partition coefficient (Wildman–Crippen LogP) is 1.93. The van der Waals surface area contributed by atoms with Gasteiger partial charge >= 0.3 is 12.1 Å². The summed E-state index contributed by atoms with van der Waals surface area (Å²) in [6.07, 6.45) is -20.2. The molecule has 18 N–H and O–H groups in total. The number of hydrogen-bond donors (Lipinski definition) is 16. The molecule has 9 aliphatic heterocycles. The van der Waals surface area contributed by atoms with Crippen molar-refractivity contribution >= 4 is 53.2 Å². The smallest absolute Gasteiger partial charge is 0.408 e. The Morgan fingerprint density at radius 1 is 0.610 bits per heavy atom. The lowest BCUT2D eigenvalue weighted by atomic mass is 9.89. The fourth-order valence-electron chi connectivity index (χ4n) is 14.0. The second kappa shape index (κ2) is 30.2. The Balaban J connectivity index is 1.06. The molecule has 6 aromatic rings. The van der Waals surface area contributed by atoms with Gasteiger partial charge in [-0.15, -0.1) is 0 Å². The van der Waals surface area contributed by atoms with E-state index in [1.165, 1.54) is 74.7 Å². The van der Waals surface area contributed by atoms with E-state index in [4.69, 9.17) is 70.4 Å². The van der Waals surface area contributed by atoms with Gasteiger partial charge in [0, 0.05) is 61.2 Å². The number of nitrogens with two attached hydrogens (primary N) is 2. The normalized spacial score (nSPS) is 31.8. The molecule has 0 spiro atoms. The molecular weight excluding hydrogens is 1400 g/mol. The molecule has 105 heavy (non-hydrogen) atoms. The fourth-order valence-corrected chi connectivity index (χ4v) is 14.2. The summed E-state index contributed by atoms with van der Waals surface area (Å²) in [6.45, 7) is 2.24. The van der Waals surface area contributed by atoms with E-state index in [2.05, 4.69) is 31.9 Å². The molecule has 6 amide bonds. The predicted molar refractivity (Wildman–Crippen MR) is 360 cm³/mol. The number of carbonyl (C=O) groups excluding carboxylic acids is 6. The number of rotatable bonds is 11. The minimum atomic E-state index is -2.23. The van der Waals surface area contributed by atoms with E-state index in [-0.39, 0.29) is 58.0 Å². The van der Waals surface area contributed by atoms with E-state index in [9.17, 15) is 55.2 Å².